The molecule has 1 aromatic carbocycles. The van der Waals surface area contributed by atoms with Crippen molar-refractivity contribution in [1.29, 1.82) is 0 Å². The molecule has 2 aromatic rings. The highest BCUT2D eigenvalue weighted by molar-refractivity contribution is 5.76. The minimum atomic E-state index is -0.718. The second kappa shape index (κ2) is 7.28. The minimum absolute atomic E-state index is 0.0140. The number of hydrogen-bond acceptors (Lipinski definition) is 6. The van der Waals surface area contributed by atoms with Crippen molar-refractivity contribution >= 4 is 5.91 Å². The van der Waals surface area contributed by atoms with Gasteiger partial charge in [0, 0.05) is 38.3 Å². The first-order valence-electron chi connectivity index (χ1n) is 8.46. The van der Waals surface area contributed by atoms with Crippen LogP contribution in [0.3, 0.4) is 0 Å². The number of carbonyl (C=O) groups excluding carboxylic acids is 1. The summed E-state index contributed by atoms with van der Waals surface area (Å²) in [6.07, 6.45) is 0. The smallest absolute Gasteiger partial charge is 0.246 e. The first kappa shape index (κ1) is 17.5. The SMILES string of the molecule is CC(C)(O)CN1CCN(C(=O)Cn2nnc(-c3ccccc3)n2)CC1. The lowest BCUT2D eigenvalue weighted by Gasteiger charge is -2.37. The lowest BCUT2D eigenvalue weighted by molar-refractivity contribution is -0.134. The second-order valence-electron chi connectivity index (χ2n) is 6.98. The number of aromatic nitrogens is 4. The van der Waals surface area contributed by atoms with Gasteiger partial charge in [-0.2, -0.15) is 4.80 Å². The van der Waals surface area contributed by atoms with Crippen molar-refractivity contribution in [3.8, 4) is 11.4 Å². The molecule has 1 aromatic heterocycles. The number of hydrogen-bond donors (Lipinski definition) is 1. The molecule has 134 valence electrons. The van der Waals surface area contributed by atoms with Gasteiger partial charge in [0.1, 0.15) is 6.54 Å². The molecule has 8 heteroatoms. The molecule has 1 N–H and O–H groups in total. The Kier molecular flexibility index (Phi) is 5.10. The van der Waals surface area contributed by atoms with Crippen LogP contribution in [0.5, 0.6) is 0 Å². The Morgan fingerprint density at radius 3 is 2.48 bits per heavy atom. The van der Waals surface area contributed by atoms with Crippen LogP contribution in [0.15, 0.2) is 30.3 Å². The zero-order valence-electron chi connectivity index (χ0n) is 14.7. The maximum Gasteiger partial charge on any atom is 0.246 e. The van der Waals surface area contributed by atoms with Crippen molar-refractivity contribution in [3.63, 3.8) is 0 Å². The van der Waals surface area contributed by atoms with Crippen molar-refractivity contribution in [2.24, 2.45) is 0 Å². The van der Waals surface area contributed by atoms with Crippen LogP contribution in [0.1, 0.15) is 13.8 Å². The molecule has 1 amide bonds. The Morgan fingerprint density at radius 2 is 1.84 bits per heavy atom. The highest BCUT2D eigenvalue weighted by atomic mass is 16.3. The highest BCUT2D eigenvalue weighted by Crippen LogP contribution is 2.12. The van der Waals surface area contributed by atoms with Gasteiger partial charge in [0.25, 0.3) is 0 Å². The molecule has 0 radical (unpaired) electrons. The van der Waals surface area contributed by atoms with Gasteiger partial charge < -0.3 is 10.0 Å². The average molecular weight is 344 g/mol. The van der Waals surface area contributed by atoms with E-state index in [9.17, 15) is 9.90 Å². The Labute approximate surface area is 147 Å². The molecule has 1 aliphatic rings. The summed E-state index contributed by atoms with van der Waals surface area (Å²) in [4.78, 5) is 17.8. The second-order valence-corrected chi connectivity index (χ2v) is 6.98. The molecule has 0 aliphatic carbocycles. The lowest BCUT2D eigenvalue weighted by atomic mass is 10.1. The molecular weight excluding hydrogens is 320 g/mol. The third-order valence-corrected chi connectivity index (χ3v) is 4.10. The van der Waals surface area contributed by atoms with E-state index in [0.717, 1.165) is 18.7 Å². The summed E-state index contributed by atoms with van der Waals surface area (Å²) < 4.78 is 0. The third-order valence-electron chi connectivity index (χ3n) is 4.10. The number of nitrogens with zero attached hydrogens (tertiary/aromatic N) is 6. The largest absolute Gasteiger partial charge is 0.389 e. The van der Waals surface area contributed by atoms with E-state index in [1.54, 1.807) is 13.8 Å². The average Bonchev–Trinajstić information content (AvgIpc) is 3.03. The third kappa shape index (κ3) is 4.83. The van der Waals surface area contributed by atoms with Gasteiger partial charge in [-0.15, -0.1) is 10.2 Å². The van der Waals surface area contributed by atoms with Gasteiger partial charge in [-0.3, -0.25) is 9.69 Å². The molecule has 1 saturated heterocycles. The van der Waals surface area contributed by atoms with E-state index in [4.69, 9.17) is 0 Å². The molecule has 0 bridgehead atoms. The van der Waals surface area contributed by atoms with E-state index in [1.807, 2.05) is 35.2 Å². The van der Waals surface area contributed by atoms with Crippen LogP contribution in [0, 0.1) is 0 Å². The topological polar surface area (TPSA) is 87.4 Å². The molecule has 0 atom stereocenters. The summed E-state index contributed by atoms with van der Waals surface area (Å²) in [5.74, 6) is 0.503. The standard InChI is InChI=1S/C17H24N6O2/c1-17(2,25)13-21-8-10-22(11-9-21)15(24)12-23-19-16(18-20-23)14-6-4-3-5-7-14/h3-7,25H,8-13H2,1-2H3. The summed E-state index contributed by atoms with van der Waals surface area (Å²) in [7, 11) is 0. The molecular formula is C17H24N6O2. The van der Waals surface area contributed by atoms with Gasteiger partial charge in [-0.05, 0) is 19.1 Å². The molecule has 1 fully saturated rings. The lowest BCUT2D eigenvalue weighted by Crippen LogP contribution is -2.52. The van der Waals surface area contributed by atoms with Crippen LogP contribution in [0.4, 0.5) is 0 Å². The number of amides is 1. The van der Waals surface area contributed by atoms with E-state index < -0.39 is 5.60 Å². The van der Waals surface area contributed by atoms with Crippen LogP contribution >= 0.6 is 0 Å². The zero-order chi connectivity index (χ0) is 17.9. The molecule has 0 spiro atoms. The summed E-state index contributed by atoms with van der Waals surface area (Å²) >= 11 is 0. The fourth-order valence-corrected chi connectivity index (χ4v) is 2.94. The molecule has 25 heavy (non-hydrogen) atoms. The van der Waals surface area contributed by atoms with E-state index in [0.29, 0.717) is 25.5 Å². The van der Waals surface area contributed by atoms with Crippen LogP contribution in [-0.2, 0) is 11.3 Å². The molecule has 8 nitrogen and oxygen atoms in total. The van der Waals surface area contributed by atoms with Crippen molar-refractivity contribution in [1.82, 2.24) is 30.0 Å². The zero-order valence-corrected chi connectivity index (χ0v) is 14.7. The van der Waals surface area contributed by atoms with Crippen molar-refractivity contribution in [2.45, 2.75) is 26.0 Å². The molecule has 0 saturated carbocycles. The Bertz CT molecular complexity index is 701. The quantitative estimate of drug-likeness (QED) is 0.837. The first-order valence-corrected chi connectivity index (χ1v) is 8.46. The molecule has 1 aliphatic heterocycles. The predicted octanol–water partition coefficient (Wildman–Crippen LogP) is 0.255. The first-order chi connectivity index (χ1) is 11.9. The van der Waals surface area contributed by atoms with E-state index in [-0.39, 0.29) is 12.5 Å². The van der Waals surface area contributed by atoms with Crippen molar-refractivity contribution in [3.05, 3.63) is 30.3 Å². The van der Waals surface area contributed by atoms with Gasteiger partial charge in [0.15, 0.2) is 0 Å². The van der Waals surface area contributed by atoms with Crippen LogP contribution in [-0.4, -0.2) is 79.3 Å². The molecule has 3 rings (SSSR count). The molecule has 0 unspecified atom stereocenters. The number of rotatable bonds is 5. The van der Waals surface area contributed by atoms with Gasteiger partial charge in [-0.1, -0.05) is 30.3 Å². The van der Waals surface area contributed by atoms with Crippen molar-refractivity contribution < 1.29 is 9.90 Å². The van der Waals surface area contributed by atoms with E-state index >= 15 is 0 Å². The van der Waals surface area contributed by atoms with Gasteiger partial charge in [-0.25, -0.2) is 0 Å². The Morgan fingerprint density at radius 1 is 1.16 bits per heavy atom. The van der Waals surface area contributed by atoms with Gasteiger partial charge in [0.2, 0.25) is 11.7 Å². The predicted molar refractivity (Wildman–Crippen MR) is 92.6 cm³/mol. The number of benzene rings is 1. The summed E-state index contributed by atoms with van der Waals surface area (Å²) in [5, 5.41) is 22.2. The van der Waals surface area contributed by atoms with Gasteiger partial charge >= 0.3 is 0 Å². The normalized spacial score (nSPS) is 16.2. The maximum absolute atomic E-state index is 12.4. The summed E-state index contributed by atoms with van der Waals surface area (Å²) in [6.45, 7) is 7.11. The van der Waals surface area contributed by atoms with E-state index in [2.05, 4.69) is 20.3 Å². The summed E-state index contributed by atoms with van der Waals surface area (Å²) in [6, 6.07) is 9.56. The van der Waals surface area contributed by atoms with Crippen LogP contribution in [0.25, 0.3) is 11.4 Å². The fraction of sp³-hybridized carbons (Fsp3) is 0.529. The monoisotopic (exact) mass is 344 g/mol. The minimum Gasteiger partial charge on any atom is -0.389 e. The number of tetrazole rings is 1. The number of aliphatic hydroxyl groups is 1. The molecule has 2 heterocycles. The van der Waals surface area contributed by atoms with E-state index in [1.165, 1.54) is 4.80 Å². The number of carbonyl (C=O) groups is 1. The Balaban J connectivity index is 1.53. The number of β-amino-alcohol motifs (C(OH)–C–C–N with tert-alkyl or cyclic N) is 1. The Hall–Kier alpha value is -2.32. The highest BCUT2D eigenvalue weighted by Gasteiger charge is 2.25. The fourth-order valence-electron chi connectivity index (χ4n) is 2.94. The summed E-state index contributed by atoms with van der Waals surface area (Å²) in [5.41, 5.74) is 0.159. The van der Waals surface area contributed by atoms with Crippen molar-refractivity contribution in [2.75, 3.05) is 32.7 Å². The van der Waals surface area contributed by atoms with Gasteiger partial charge in [0.05, 0.1) is 5.60 Å². The number of piperazine rings is 1. The van der Waals surface area contributed by atoms with Crippen LogP contribution < -0.4 is 0 Å². The van der Waals surface area contributed by atoms with Crippen LogP contribution in [0.2, 0.25) is 0 Å². The maximum atomic E-state index is 12.4.